The Kier molecular flexibility index (Phi) is 3.34. The molecule has 5 nitrogen and oxygen atoms in total. The largest absolute Gasteiger partial charge is 0.506 e. The first kappa shape index (κ1) is 12.8. The molecule has 5 heteroatoms. The van der Waals surface area contributed by atoms with Crippen molar-refractivity contribution in [3.63, 3.8) is 0 Å². The first-order chi connectivity index (χ1) is 9.04. The summed E-state index contributed by atoms with van der Waals surface area (Å²) in [5, 5.41) is 22.3. The van der Waals surface area contributed by atoms with Crippen molar-refractivity contribution in [2.75, 3.05) is 0 Å². The quantitative estimate of drug-likeness (QED) is 0.884. The standard InChI is InChI=1S/C14H13N3O2/c1-9-4-3-5-12(10(9)2)17-14(19)8-13(18)11(16-17)6-7-15/h3-5,8,18H,6H2,1-2H3. The molecule has 0 saturated heterocycles. The van der Waals surface area contributed by atoms with Crippen LogP contribution in [0, 0.1) is 25.2 Å². The highest BCUT2D eigenvalue weighted by molar-refractivity contribution is 5.44. The lowest BCUT2D eigenvalue weighted by Gasteiger charge is -2.11. The van der Waals surface area contributed by atoms with Crippen LogP contribution in [0.4, 0.5) is 0 Å². The van der Waals surface area contributed by atoms with Gasteiger partial charge in [0, 0.05) is 6.07 Å². The maximum absolute atomic E-state index is 11.9. The Morgan fingerprint density at radius 1 is 1.42 bits per heavy atom. The van der Waals surface area contributed by atoms with Crippen LogP contribution in [0.2, 0.25) is 0 Å². The summed E-state index contributed by atoms with van der Waals surface area (Å²) in [4.78, 5) is 11.9. The number of aryl methyl sites for hydroxylation is 1. The molecule has 0 radical (unpaired) electrons. The van der Waals surface area contributed by atoms with Crippen LogP contribution in [-0.2, 0) is 6.42 Å². The molecule has 0 amide bonds. The SMILES string of the molecule is Cc1cccc(-n2nc(CC#N)c(O)cc2=O)c1C. The molecule has 0 spiro atoms. The van der Waals surface area contributed by atoms with Gasteiger partial charge in [0.2, 0.25) is 0 Å². The van der Waals surface area contributed by atoms with Crippen molar-refractivity contribution in [1.82, 2.24) is 9.78 Å². The molecule has 1 N–H and O–H groups in total. The van der Waals surface area contributed by atoms with E-state index in [9.17, 15) is 9.90 Å². The Balaban J connectivity index is 2.69. The van der Waals surface area contributed by atoms with E-state index in [0.717, 1.165) is 17.2 Å². The maximum Gasteiger partial charge on any atom is 0.275 e. The summed E-state index contributed by atoms with van der Waals surface area (Å²) in [6.07, 6.45) is -0.0447. The van der Waals surface area contributed by atoms with E-state index in [1.54, 1.807) is 6.07 Å². The smallest absolute Gasteiger partial charge is 0.275 e. The fourth-order valence-corrected chi connectivity index (χ4v) is 1.82. The van der Waals surface area contributed by atoms with Crippen LogP contribution in [-0.4, -0.2) is 14.9 Å². The minimum absolute atomic E-state index is 0.0447. The van der Waals surface area contributed by atoms with Crippen molar-refractivity contribution >= 4 is 0 Å². The normalized spacial score (nSPS) is 10.2. The van der Waals surface area contributed by atoms with Crippen LogP contribution in [0.5, 0.6) is 5.75 Å². The number of nitriles is 1. The molecular weight excluding hydrogens is 242 g/mol. The van der Waals surface area contributed by atoms with Crippen LogP contribution < -0.4 is 5.56 Å². The van der Waals surface area contributed by atoms with Gasteiger partial charge >= 0.3 is 0 Å². The first-order valence-electron chi connectivity index (χ1n) is 5.80. The van der Waals surface area contributed by atoms with Gasteiger partial charge in [-0.05, 0) is 31.0 Å². The lowest BCUT2D eigenvalue weighted by molar-refractivity contribution is 0.459. The number of rotatable bonds is 2. The number of aromatic hydroxyl groups is 1. The van der Waals surface area contributed by atoms with Crippen LogP contribution in [0.15, 0.2) is 29.1 Å². The molecule has 0 aliphatic carbocycles. The van der Waals surface area contributed by atoms with Gasteiger partial charge in [0.25, 0.3) is 5.56 Å². The van der Waals surface area contributed by atoms with Crippen molar-refractivity contribution in [2.45, 2.75) is 20.3 Å². The van der Waals surface area contributed by atoms with E-state index in [0.29, 0.717) is 5.69 Å². The molecule has 0 bridgehead atoms. The number of aromatic nitrogens is 2. The van der Waals surface area contributed by atoms with Gasteiger partial charge in [0.1, 0.15) is 11.4 Å². The van der Waals surface area contributed by atoms with Crippen LogP contribution in [0.25, 0.3) is 5.69 Å². The highest BCUT2D eigenvalue weighted by Crippen LogP contribution is 2.17. The van der Waals surface area contributed by atoms with Crippen LogP contribution >= 0.6 is 0 Å². The predicted octanol–water partition coefficient (Wildman–Crippen LogP) is 1.62. The molecule has 1 aromatic heterocycles. The molecule has 19 heavy (non-hydrogen) atoms. The van der Waals surface area contributed by atoms with E-state index in [2.05, 4.69) is 5.10 Å². The lowest BCUT2D eigenvalue weighted by Crippen LogP contribution is -2.22. The molecule has 0 fully saturated rings. The third-order valence-electron chi connectivity index (χ3n) is 3.04. The van der Waals surface area contributed by atoms with Gasteiger partial charge in [-0.1, -0.05) is 12.1 Å². The second-order valence-electron chi connectivity index (χ2n) is 4.28. The molecule has 0 atom stereocenters. The highest BCUT2D eigenvalue weighted by Gasteiger charge is 2.11. The Morgan fingerprint density at radius 2 is 2.16 bits per heavy atom. The van der Waals surface area contributed by atoms with E-state index in [-0.39, 0.29) is 17.9 Å². The highest BCUT2D eigenvalue weighted by atomic mass is 16.3. The third-order valence-corrected chi connectivity index (χ3v) is 3.04. The molecule has 1 aromatic carbocycles. The topological polar surface area (TPSA) is 78.9 Å². The third kappa shape index (κ3) is 2.33. The molecule has 0 saturated carbocycles. The average molecular weight is 255 g/mol. The van der Waals surface area contributed by atoms with Gasteiger partial charge in [0.05, 0.1) is 18.2 Å². The van der Waals surface area contributed by atoms with Gasteiger partial charge in [-0.15, -0.1) is 0 Å². The molecule has 0 aliphatic rings. The summed E-state index contributed by atoms with van der Waals surface area (Å²) in [6, 6.07) is 8.56. The predicted molar refractivity (Wildman–Crippen MR) is 70.3 cm³/mol. The van der Waals surface area contributed by atoms with Gasteiger partial charge < -0.3 is 5.11 Å². The van der Waals surface area contributed by atoms with Gasteiger partial charge in [-0.3, -0.25) is 4.79 Å². The van der Waals surface area contributed by atoms with Crippen molar-refractivity contribution < 1.29 is 5.11 Å². The zero-order valence-electron chi connectivity index (χ0n) is 10.7. The lowest BCUT2D eigenvalue weighted by atomic mass is 10.1. The minimum Gasteiger partial charge on any atom is -0.506 e. The molecule has 96 valence electrons. The van der Waals surface area contributed by atoms with E-state index in [1.807, 2.05) is 32.0 Å². The van der Waals surface area contributed by atoms with E-state index < -0.39 is 5.56 Å². The molecule has 1 heterocycles. The second-order valence-corrected chi connectivity index (χ2v) is 4.28. The Morgan fingerprint density at radius 3 is 2.84 bits per heavy atom. The van der Waals surface area contributed by atoms with Crippen molar-refractivity contribution in [2.24, 2.45) is 0 Å². The summed E-state index contributed by atoms with van der Waals surface area (Å²) >= 11 is 0. The maximum atomic E-state index is 11.9. The number of hydrogen-bond acceptors (Lipinski definition) is 4. The van der Waals surface area contributed by atoms with E-state index in [4.69, 9.17) is 5.26 Å². The molecule has 2 rings (SSSR count). The van der Waals surface area contributed by atoms with Crippen molar-refractivity contribution in [1.29, 1.82) is 5.26 Å². The molecule has 0 unspecified atom stereocenters. The van der Waals surface area contributed by atoms with Gasteiger partial charge in [-0.25, -0.2) is 0 Å². The zero-order valence-corrected chi connectivity index (χ0v) is 10.7. The minimum atomic E-state index is -0.423. The second kappa shape index (κ2) is 4.94. The van der Waals surface area contributed by atoms with Crippen LogP contribution in [0.3, 0.4) is 0 Å². The summed E-state index contributed by atoms with van der Waals surface area (Å²) < 4.78 is 1.22. The summed E-state index contributed by atoms with van der Waals surface area (Å²) in [6.45, 7) is 3.84. The Bertz CT molecular complexity index is 726. The van der Waals surface area contributed by atoms with Crippen molar-refractivity contribution in [3.05, 3.63) is 51.4 Å². The fraction of sp³-hybridized carbons (Fsp3) is 0.214. The van der Waals surface area contributed by atoms with Gasteiger partial charge in [0.15, 0.2) is 0 Å². The zero-order chi connectivity index (χ0) is 14.0. The first-order valence-corrected chi connectivity index (χ1v) is 5.80. The number of nitrogens with zero attached hydrogens (tertiary/aromatic N) is 3. The monoisotopic (exact) mass is 255 g/mol. The summed E-state index contributed by atoms with van der Waals surface area (Å²) in [5.41, 5.74) is 2.41. The number of hydrogen-bond donors (Lipinski definition) is 1. The summed E-state index contributed by atoms with van der Waals surface area (Å²) in [7, 11) is 0. The summed E-state index contributed by atoms with van der Waals surface area (Å²) in [5.74, 6) is -0.242. The molecule has 0 aliphatic heterocycles. The molecule has 2 aromatic rings. The van der Waals surface area contributed by atoms with Gasteiger partial charge in [-0.2, -0.15) is 15.0 Å². The van der Waals surface area contributed by atoms with Crippen LogP contribution in [0.1, 0.15) is 16.8 Å². The Hall–Kier alpha value is -2.61. The fourth-order valence-electron chi connectivity index (χ4n) is 1.82. The van der Waals surface area contributed by atoms with E-state index in [1.165, 1.54) is 4.68 Å². The van der Waals surface area contributed by atoms with E-state index >= 15 is 0 Å². The average Bonchev–Trinajstić information content (AvgIpc) is 2.37. The number of benzene rings is 1. The van der Waals surface area contributed by atoms with Crippen molar-refractivity contribution in [3.8, 4) is 17.5 Å². The molecular formula is C14H13N3O2. The Labute approximate surface area is 110 Å².